The average molecular weight is 433 g/mol. The van der Waals surface area contributed by atoms with Crippen molar-refractivity contribution in [3.05, 3.63) is 0 Å². The monoisotopic (exact) mass is 432 g/mol. The summed E-state index contributed by atoms with van der Waals surface area (Å²) in [6, 6.07) is 0. The standard InChI is InChI=1S/C21H44O5Si2/c1-15(25-27(10,11)19(2,3)4)17-18(24-21(8,9)23-17)16(14-22)26-28(12,13)20(5,6)7/h14-18H,1-13H3/t15-,16-,17-,18-/m0/s1. The van der Waals surface area contributed by atoms with E-state index in [1.54, 1.807) is 0 Å². The molecule has 5 nitrogen and oxygen atoms in total. The Balaban J connectivity index is 3.12. The second kappa shape index (κ2) is 8.23. The highest BCUT2D eigenvalue weighted by Gasteiger charge is 2.52. The van der Waals surface area contributed by atoms with Gasteiger partial charge in [-0.2, -0.15) is 0 Å². The molecule has 0 aromatic carbocycles. The summed E-state index contributed by atoms with van der Waals surface area (Å²) >= 11 is 0. The maximum absolute atomic E-state index is 12.0. The summed E-state index contributed by atoms with van der Waals surface area (Å²) in [5, 5.41) is 0.0927. The first-order valence-corrected chi connectivity index (χ1v) is 16.2. The molecule has 0 bridgehead atoms. The lowest BCUT2D eigenvalue weighted by atomic mass is 10.1. The van der Waals surface area contributed by atoms with Crippen LogP contribution in [0.5, 0.6) is 0 Å². The minimum Gasteiger partial charge on any atom is -0.411 e. The molecule has 0 aliphatic carbocycles. The Labute approximate surface area is 175 Å². The van der Waals surface area contributed by atoms with Gasteiger partial charge in [-0.3, -0.25) is 0 Å². The largest absolute Gasteiger partial charge is 0.411 e. The molecule has 0 N–H and O–H groups in total. The predicted octanol–water partition coefficient (Wildman–Crippen LogP) is 5.51. The van der Waals surface area contributed by atoms with E-state index in [9.17, 15) is 4.79 Å². The molecule has 0 saturated carbocycles. The SMILES string of the molecule is C[C@H](O[Si](C)(C)C(C)(C)C)[C@@H]1OC(C)(C)O[C@H]1[C@H](C=O)O[Si](C)(C)C(C)(C)C. The summed E-state index contributed by atoms with van der Waals surface area (Å²) in [6.45, 7) is 27.7. The van der Waals surface area contributed by atoms with Crippen molar-refractivity contribution in [2.45, 2.75) is 129 Å². The Morgan fingerprint density at radius 2 is 1.25 bits per heavy atom. The van der Waals surface area contributed by atoms with Crippen LogP contribution < -0.4 is 0 Å². The van der Waals surface area contributed by atoms with E-state index in [1.165, 1.54) is 0 Å². The van der Waals surface area contributed by atoms with E-state index in [2.05, 4.69) is 67.7 Å². The molecule has 0 radical (unpaired) electrons. The van der Waals surface area contributed by atoms with E-state index in [4.69, 9.17) is 18.3 Å². The van der Waals surface area contributed by atoms with E-state index in [0.29, 0.717) is 0 Å². The van der Waals surface area contributed by atoms with Crippen LogP contribution in [-0.4, -0.2) is 53.1 Å². The molecule has 0 aromatic rings. The Morgan fingerprint density at radius 1 is 0.857 bits per heavy atom. The third-order valence-electron chi connectivity index (χ3n) is 6.61. The Morgan fingerprint density at radius 3 is 1.64 bits per heavy atom. The lowest BCUT2D eigenvalue weighted by Gasteiger charge is -2.42. The number of rotatable bonds is 7. The third-order valence-corrected chi connectivity index (χ3v) is 15.7. The lowest BCUT2D eigenvalue weighted by Crippen LogP contribution is -2.53. The Hall–Kier alpha value is -0.0562. The van der Waals surface area contributed by atoms with E-state index in [1.807, 2.05) is 20.8 Å². The van der Waals surface area contributed by atoms with Crippen LogP contribution in [0.4, 0.5) is 0 Å². The van der Waals surface area contributed by atoms with Gasteiger partial charge in [0.2, 0.25) is 0 Å². The molecule has 1 heterocycles. The molecular weight excluding hydrogens is 388 g/mol. The summed E-state index contributed by atoms with van der Waals surface area (Å²) < 4.78 is 25.4. The second-order valence-electron chi connectivity index (χ2n) is 11.6. The van der Waals surface area contributed by atoms with Gasteiger partial charge in [0.25, 0.3) is 0 Å². The summed E-state index contributed by atoms with van der Waals surface area (Å²) in [5.41, 5.74) is 0. The summed E-state index contributed by atoms with van der Waals surface area (Å²) in [7, 11) is -4.13. The van der Waals surface area contributed by atoms with E-state index in [-0.39, 0.29) is 22.3 Å². The van der Waals surface area contributed by atoms with Gasteiger partial charge in [0, 0.05) is 0 Å². The molecule has 1 aliphatic heterocycles. The van der Waals surface area contributed by atoms with Crippen molar-refractivity contribution < 1.29 is 23.1 Å². The van der Waals surface area contributed by atoms with Crippen molar-refractivity contribution in [2.24, 2.45) is 0 Å². The number of aldehydes is 1. The topological polar surface area (TPSA) is 54.0 Å². The van der Waals surface area contributed by atoms with Crippen LogP contribution in [0.1, 0.15) is 62.3 Å². The van der Waals surface area contributed by atoms with Crippen molar-refractivity contribution in [1.82, 2.24) is 0 Å². The molecular formula is C21H44O5Si2. The Kier molecular flexibility index (Phi) is 7.64. The zero-order valence-corrected chi connectivity index (χ0v) is 22.4. The number of ether oxygens (including phenoxy) is 2. The van der Waals surface area contributed by atoms with Crippen molar-refractivity contribution in [3.8, 4) is 0 Å². The van der Waals surface area contributed by atoms with Crippen molar-refractivity contribution in [2.75, 3.05) is 0 Å². The minimum absolute atomic E-state index is 0.00198. The molecule has 1 rings (SSSR count). The van der Waals surface area contributed by atoms with Gasteiger partial charge < -0.3 is 23.1 Å². The van der Waals surface area contributed by atoms with Gasteiger partial charge in [-0.25, -0.2) is 0 Å². The zero-order valence-electron chi connectivity index (χ0n) is 20.4. The van der Waals surface area contributed by atoms with Crippen LogP contribution in [0.2, 0.25) is 36.3 Å². The first-order chi connectivity index (χ1) is 12.2. The van der Waals surface area contributed by atoms with Crippen LogP contribution in [0.3, 0.4) is 0 Å². The van der Waals surface area contributed by atoms with Gasteiger partial charge in [-0.1, -0.05) is 41.5 Å². The highest BCUT2D eigenvalue weighted by molar-refractivity contribution is 6.74. The fourth-order valence-corrected chi connectivity index (χ4v) is 5.47. The number of carbonyl (C=O) groups excluding carboxylic acids is 1. The minimum atomic E-state index is -2.14. The van der Waals surface area contributed by atoms with Gasteiger partial charge in [0.1, 0.15) is 24.6 Å². The van der Waals surface area contributed by atoms with Crippen molar-refractivity contribution in [1.29, 1.82) is 0 Å². The van der Waals surface area contributed by atoms with Crippen molar-refractivity contribution >= 4 is 22.9 Å². The molecule has 0 amide bonds. The maximum Gasteiger partial charge on any atom is 0.193 e. The van der Waals surface area contributed by atoms with Crippen LogP contribution in [0, 0.1) is 0 Å². The summed E-state index contributed by atoms with van der Waals surface area (Å²) in [4.78, 5) is 12.0. The smallest absolute Gasteiger partial charge is 0.193 e. The van der Waals surface area contributed by atoms with E-state index < -0.39 is 34.6 Å². The van der Waals surface area contributed by atoms with Crippen LogP contribution in [0.25, 0.3) is 0 Å². The molecule has 1 saturated heterocycles. The maximum atomic E-state index is 12.0. The number of hydrogen-bond donors (Lipinski definition) is 0. The highest BCUT2D eigenvalue weighted by atomic mass is 28.4. The van der Waals surface area contributed by atoms with Gasteiger partial charge in [-0.15, -0.1) is 0 Å². The Bertz CT molecular complexity index is 546. The van der Waals surface area contributed by atoms with Gasteiger partial charge >= 0.3 is 0 Å². The third kappa shape index (κ3) is 5.98. The first kappa shape index (κ1) is 26.0. The number of carbonyl (C=O) groups is 1. The van der Waals surface area contributed by atoms with E-state index in [0.717, 1.165) is 6.29 Å². The van der Waals surface area contributed by atoms with Crippen LogP contribution in [-0.2, 0) is 23.1 Å². The van der Waals surface area contributed by atoms with Gasteiger partial charge in [-0.05, 0) is 57.0 Å². The van der Waals surface area contributed by atoms with Crippen LogP contribution >= 0.6 is 0 Å². The average Bonchev–Trinajstić information content (AvgIpc) is 2.78. The number of hydrogen-bond acceptors (Lipinski definition) is 5. The molecule has 4 atom stereocenters. The molecule has 28 heavy (non-hydrogen) atoms. The molecule has 1 aliphatic rings. The fourth-order valence-electron chi connectivity index (χ4n) is 2.83. The highest BCUT2D eigenvalue weighted by Crippen LogP contribution is 2.42. The molecule has 0 spiro atoms. The van der Waals surface area contributed by atoms with Gasteiger partial charge in [0.15, 0.2) is 22.4 Å². The van der Waals surface area contributed by atoms with E-state index >= 15 is 0 Å². The zero-order chi connectivity index (χ0) is 22.3. The normalized spacial score (nSPS) is 26.2. The molecule has 166 valence electrons. The van der Waals surface area contributed by atoms with Gasteiger partial charge in [0.05, 0.1) is 6.10 Å². The molecule has 0 aromatic heterocycles. The molecule has 7 heteroatoms. The predicted molar refractivity (Wildman–Crippen MR) is 120 cm³/mol. The molecule has 0 unspecified atom stereocenters. The second-order valence-corrected chi connectivity index (χ2v) is 21.1. The first-order valence-electron chi connectivity index (χ1n) is 10.4. The summed E-state index contributed by atoms with van der Waals surface area (Å²) in [6.07, 6.45) is -0.830. The summed E-state index contributed by atoms with van der Waals surface area (Å²) in [5.74, 6) is -0.779. The van der Waals surface area contributed by atoms with Crippen LogP contribution in [0.15, 0.2) is 0 Å². The molecule has 1 fully saturated rings. The quantitative estimate of drug-likeness (QED) is 0.392. The lowest BCUT2D eigenvalue weighted by molar-refractivity contribution is -0.159. The fraction of sp³-hybridized carbons (Fsp3) is 0.952. The van der Waals surface area contributed by atoms with Crippen molar-refractivity contribution in [3.63, 3.8) is 0 Å².